The van der Waals surface area contributed by atoms with E-state index >= 15 is 0 Å². The Morgan fingerprint density at radius 2 is 1.51 bits per heavy atom. The number of anilines is 2. The van der Waals surface area contributed by atoms with Gasteiger partial charge in [-0.3, -0.25) is 4.79 Å². The molecule has 0 atom stereocenters. The van der Waals surface area contributed by atoms with E-state index in [2.05, 4.69) is 15.3 Å². The number of sulfonamides is 1. The minimum atomic E-state index is -3.85. The number of carbonyl (C=O) groups is 1. The van der Waals surface area contributed by atoms with Crippen molar-refractivity contribution < 1.29 is 13.2 Å². The number of hydrogen-bond donors (Lipinski definition) is 2. The van der Waals surface area contributed by atoms with Crippen molar-refractivity contribution in [3.8, 4) is 11.1 Å². The van der Waals surface area contributed by atoms with Crippen molar-refractivity contribution in [1.82, 2.24) is 9.97 Å². The third-order valence-corrected chi connectivity index (χ3v) is 7.41. The minimum absolute atomic E-state index is 0.00524. The molecular weight excluding hydrogens is 504 g/mol. The second-order valence-corrected chi connectivity index (χ2v) is 10.7. The summed E-state index contributed by atoms with van der Waals surface area (Å²) in [5.41, 5.74) is 3.97. The fourth-order valence-electron chi connectivity index (χ4n) is 3.80. The number of hydrogen-bond acceptors (Lipinski definition) is 7. The quantitative estimate of drug-likeness (QED) is 0.152. The molecular formula is C28H22N4O3S2. The molecule has 1 aromatic heterocycles. The molecule has 0 aliphatic heterocycles. The lowest BCUT2D eigenvalue weighted by Gasteiger charge is -2.11. The second-order valence-electron chi connectivity index (χ2n) is 8.23. The molecule has 0 amide bonds. The van der Waals surface area contributed by atoms with E-state index in [4.69, 9.17) is 5.14 Å². The number of Topliss-reactive ketones (excluding diaryl/α,β-unsaturated/α-hetero) is 1. The van der Waals surface area contributed by atoms with Gasteiger partial charge in [-0.15, -0.1) is 0 Å². The standard InChI is InChI=1S/C28H22N4O3S2/c29-37(34,35)23-10-6-9-22(17-23)30-27-24-11-4-5-12-25(24)31-28(32-27)36-18-26(33)21-15-13-20(14-16-21)19-7-2-1-3-8-19/h1-17H,18H2,(H2,29,34,35)(H,30,31,32). The van der Waals surface area contributed by atoms with Gasteiger partial charge in [-0.1, -0.05) is 84.6 Å². The summed E-state index contributed by atoms with van der Waals surface area (Å²) < 4.78 is 23.5. The number of nitrogens with two attached hydrogens (primary N) is 1. The summed E-state index contributed by atoms with van der Waals surface area (Å²) in [5, 5.41) is 9.63. The Bertz CT molecular complexity index is 1690. The molecule has 0 bridgehead atoms. The number of aromatic nitrogens is 2. The van der Waals surface area contributed by atoms with Gasteiger partial charge in [0.15, 0.2) is 10.9 Å². The number of ketones is 1. The summed E-state index contributed by atoms with van der Waals surface area (Å²) in [6.45, 7) is 0. The highest BCUT2D eigenvalue weighted by Gasteiger charge is 2.13. The highest BCUT2D eigenvalue weighted by molar-refractivity contribution is 7.99. The van der Waals surface area contributed by atoms with Crippen LogP contribution in [0.25, 0.3) is 22.0 Å². The molecule has 5 rings (SSSR count). The molecule has 1 heterocycles. The molecule has 37 heavy (non-hydrogen) atoms. The van der Waals surface area contributed by atoms with Crippen molar-refractivity contribution in [1.29, 1.82) is 0 Å². The summed E-state index contributed by atoms with van der Waals surface area (Å²) >= 11 is 1.24. The summed E-state index contributed by atoms with van der Waals surface area (Å²) in [7, 11) is -3.85. The largest absolute Gasteiger partial charge is 0.340 e. The van der Waals surface area contributed by atoms with E-state index in [1.54, 1.807) is 12.1 Å². The molecule has 0 unspecified atom stereocenters. The van der Waals surface area contributed by atoms with E-state index < -0.39 is 10.0 Å². The molecule has 0 saturated heterocycles. The van der Waals surface area contributed by atoms with Gasteiger partial charge in [0.25, 0.3) is 0 Å². The van der Waals surface area contributed by atoms with Gasteiger partial charge in [0, 0.05) is 16.6 Å². The van der Waals surface area contributed by atoms with Crippen molar-refractivity contribution in [2.75, 3.05) is 11.1 Å². The topological polar surface area (TPSA) is 115 Å². The van der Waals surface area contributed by atoms with Crippen LogP contribution >= 0.6 is 11.8 Å². The van der Waals surface area contributed by atoms with Gasteiger partial charge in [-0.2, -0.15) is 0 Å². The number of nitrogens with one attached hydrogen (secondary N) is 1. The monoisotopic (exact) mass is 526 g/mol. The van der Waals surface area contributed by atoms with Crippen LogP contribution in [0.1, 0.15) is 10.4 Å². The number of benzene rings is 4. The fraction of sp³-hybridized carbons (Fsp3) is 0.0357. The summed E-state index contributed by atoms with van der Waals surface area (Å²) in [6.07, 6.45) is 0. The van der Waals surface area contributed by atoms with Gasteiger partial charge in [0.1, 0.15) is 5.82 Å². The lowest BCUT2D eigenvalue weighted by molar-refractivity contribution is 0.102. The Morgan fingerprint density at radius 3 is 2.27 bits per heavy atom. The van der Waals surface area contributed by atoms with Gasteiger partial charge < -0.3 is 5.32 Å². The average molecular weight is 527 g/mol. The molecule has 0 saturated carbocycles. The van der Waals surface area contributed by atoms with E-state index in [0.29, 0.717) is 27.7 Å². The number of primary sulfonamides is 1. The summed E-state index contributed by atoms with van der Waals surface area (Å²) in [5.74, 6) is 0.639. The van der Waals surface area contributed by atoms with Gasteiger partial charge in [-0.25, -0.2) is 23.5 Å². The molecule has 0 aliphatic rings. The first-order valence-corrected chi connectivity index (χ1v) is 13.9. The summed E-state index contributed by atoms with van der Waals surface area (Å²) in [6, 6.07) is 31.2. The highest BCUT2D eigenvalue weighted by Crippen LogP contribution is 2.28. The first-order valence-electron chi connectivity index (χ1n) is 11.3. The lowest BCUT2D eigenvalue weighted by Crippen LogP contribution is -2.12. The Kier molecular flexibility index (Phi) is 7.00. The van der Waals surface area contributed by atoms with E-state index in [1.165, 1.54) is 23.9 Å². The number of thioether (sulfide) groups is 1. The van der Waals surface area contributed by atoms with Crippen molar-refractivity contribution >= 4 is 50.0 Å². The third-order valence-electron chi connectivity index (χ3n) is 5.65. The molecule has 4 aromatic carbocycles. The zero-order chi connectivity index (χ0) is 25.8. The van der Waals surface area contributed by atoms with Crippen LogP contribution in [0.2, 0.25) is 0 Å². The van der Waals surface area contributed by atoms with Crippen LogP contribution in [0.5, 0.6) is 0 Å². The number of carbonyl (C=O) groups excluding carboxylic acids is 1. The van der Waals surface area contributed by atoms with Crippen molar-refractivity contribution in [3.05, 3.63) is 109 Å². The number of para-hydroxylation sites is 1. The Labute approximate surface area is 218 Å². The van der Waals surface area contributed by atoms with Crippen LogP contribution in [0.15, 0.2) is 113 Å². The van der Waals surface area contributed by atoms with Gasteiger partial charge in [-0.05, 0) is 41.5 Å². The molecule has 0 spiro atoms. The van der Waals surface area contributed by atoms with Crippen LogP contribution in [0.3, 0.4) is 0 Å². The summed E-state index contributed by atoms with van der Waals surface area (Å²) in [4.78, 5) is 22.1. The van der Waals surface area contributed by atoms with E-state index in [1.807, 2.05) is 78.9 Å². The van der Waals surface area contributed by atoms with Crippen LogP contribution in [0, 0.1) is 0 Å². The lowest BCUT2D eigenvalue weighted by atomic mass is 10.0. The minimum Gasteiger partial charge on any atom is -0.340 e. The molecule has 7 nitrogen and oxygen atoms in total. The first kappa shape index (κ1) is 24.6. The van der Waals surface area contributed by atoms with Gasteiger partial charge in [0.05, 0.1) is 16.2 Å². The Morgan fingerprint density at radius 1 is 0.811 bits per heavy atom. The van der Waals surface area contributed by atoms with Crippen LogP contribution in [-0.2, 0) is 10.0 Å². The Balaban J connectivity index is 1.36. The predicted molar refractivity (Wildman–Crippen MR) is 148 cm³/mol. The maximum atomic E-state index is 12.9. The van der Waals surface area contributed by atoms with E-state index in [9.17, 15) is 13.2 Å². The van der Waals surface area contributed by atoms with Crippen molar-refractivity contribution in [2.24, 2.45) is 5.14 Å². The average Bonchev–Trinajstić information content (AvgIpc) is 2.92. The van der Waals surface area contributed by atoms with Gasteiger partial charge in [0.2, 0.25) is 10.0 Å². The Hall–Kier alpha value is -4.05. The number of fused-ring (bicyclic) bond motifs is 1. The first-order chi connectivity index (χ1) is 17.9. The zero-order valence-corrected chi connectivity index (χ0v) is 21.2. The highest BCUT2D eigenvalue weighted by atomic mass is 32.2. The van der Waals surface area contributed by atoms with Crippen molar-refractivity contribution in [3.63, 3.8) is 0 Å². The van der Waals surface area contributed by atoms with Crippen LogP contribution < -0.4 is 10.5 Å². The van der Waals surface area contributed by atoms with Crippen LogP contribution in [0.4, 0.5) is 11.5 Å². The molecule has 0 radical (unpaired) electrons. The number of nitrogens with zero attached hydrogens (tertiary/aromatic N) is 2. The van der Waals surface area contributed by atoms with Crippen LogP contribution in [-0.4, -0.2) is 29.9 Å². The van der Waals surface area contributed by atoms with Crippen molar-refractivity contribution in [2.45, 2.75) is 10.1 Å². The second kappa shape index (κ2) is 10.5. The normalized spacial score (nSPS) is 11.4. The molecule has 0 fully saturated rings. The maximum Gasteiger partial charge on any atom is 0.238 e. The van der Waals surface area contributed by atoms with Gasteiger partial charge >= 0.3 is 0 Å². The van der Waals surface area contributed by atoms with E-state index in [-0.39, 0.29) is 16.4 Å². The predicted octanol–water partition coefficient (Wildman–Crippen LogP) is 5.66. The van der Waals surface area contributed by atoms with E-state index in [0.717, 1.165) is 16.5 Å². The molecule has 3 N–H and O–H groups in total. The number of rotatable bonds is 8. The third kappa shape index (κ3) is 5.86. The SMILES string of the molecule is NS(=O)(=O)c1cccc(Nc2nc(SCC(=O)c3ccc(-c4ccccc4)cc3)nc3ccccc23)c1. The fourth-order valence-corrected chi connectivity index (χ4v) is 5.10. The molecule has 5 aromatic rings. The molecule has 184 valence electrons. The smallest absolute Gasteiger partial charge is 0.238 e. The zero-order valence-electron chi connectivity index (χ0n) is 19.5. The molecule has 0 aliphatic carbocycles. The molecule has 9 heteroatoms. The maximum absolute atomic E-state index is 12.9.